The maximum Gasteiger partial charge on any atom is 0.176 e. The molecule has 146 valence electrons. The van der Waals surface area contributed by atoms with Gasteiger partial charge in [-0.3, -0.25) is 9.69 Å². The van der Waals surface area contributed by atoms with Gasteiger partial charge in [0.2, 0.25) is 0 Å². The minimum atomic E-state index is 0.178. The van der Waals surface area contributed by atoms with E-state index in [0.717, 1.165) is 55.1 Å². The van der Waals surface area contributed by atoms with Crippen LogP contribution in [-0.2, 0) is 6.54 Å². The number of piperidine rings is 1. The minimum Gasteiger partial charge on any atom is -0.497 e. The predicted molar refractivity (Wildman–Crippen MR) is 111 cm³/mol. The van der Waals surface area contributed by atoms with Crippen molar-refractivity contribution >= 4 is 16.8 Å². The third kappa shape index (κ3) is 3.94. The normalized spacial score (nSPS) is 15.8. The summed E-state index contributed by atoms with van der Waals surface area (Å²) in [7, 11) is 1.63. The molecule has 1 aliphatic heterocycles. The van der Waals surface area contributed by atoms with Crippen molar-refractivity contribution in [2.24, 2.45) is 5.92 Å². The second-order valence-corrected chi connectivity index (χ2v) is 7.63. The van der Waals surface area contributed by atoms with Gasteiger partial charge in [0.25, 0.3) is 0 Å². The molecule has 4 rings (SSSR count). The number of aromatic nitrogens is 2. The molecular formula is C23H27N3O2. The van der Waals surface area contributed by atoms with Gasteiger partial charge in [-0.15, -0.1) is 0 Å². The van der Waals surface area contributed by atoms with Crippen LogP contribution in [0.4, 0.5) is 0 Å². The van der Waals surface area contributed by atoms with Gasteiger partial charge in [0.1, 0.15) is 11.6 Å². The summed E-state index contributed by atoms with van der Waals surface area (Å²) < 4.78 is 7.51. The van der Waals surface area contributed by atoms with Gasteiger partial charge in [0, 0.05) is 12.1 Å². The first-order valence-corrected chi connectivity index (χ1v) is 9.95. The van der Waals surface area contributed by atoms with E-state index in [1.165, 1.54) is 5.52 Å². The molecule has 1 fully saturated rings. The molecule has 1 aromatic heterocycles. The molecule has 0 aliphatic carbocycles. The number of likely N-dealkylation sites (tertiary alicyclic amines) is 1. The van der Waals surface area contributed by atoms with Gasteiger partial charge in [0.05, 0.1) is 24.7 Å². The van der Waals surface area contributed by atoms with Crippen LogP contribution in [0.5, 0.6) is 5.75 Å². The number of imidazole rings is 1. The maximum atomic E-state index is 12.5. The predicted octanol–water partition coefficient (Wildman–Crippen LogP) is 3.95. The summed E-state index contributed by atoms with van der Waals surface area (Å²) in [6.07, 6.45) is 2.23. The van der Waals surface area contributed by atoms with Crippen molar-refractivity contribution in [3.63, 3.8) is 0 Å². The van der Waals surface area contributed by atoms with Crippen molar-refractivity contribution in [1.82, 2.24) is 14.5 Å². The van der Waals surface area contributed by atoms with E-state index in [4.69, 9.17) is 4.74 Å². The second kappa shape index (κ2) is 8.15. The van der Waals surface area contributed by atoms with Gasteiger partial charge < -0.3 is 9.30 Å². The average molecular weight is 377 g/mol. The lowest BCUT2D eigenvalue weighted by atomic mass is 9.96. The first-order valence-electron chi connectivity index (χ1n) is 9.95. The van der Waals surface area contributed by atoms with Crippen molar-refractivity contribution in [2.45, 2.75) is 26.3 Å². The number of nitrogens with zero attached hydrogens (tertiary/aromatic N) is 3. The highest BCUT2D eigenvalue weighted by molar-refractivity contribution is 5.97. The average Bonchev–Trinajstić information content (AvgIpc) is 3.04. The number of rotatable bonds is 6. The minimum absolute atomic E-state index is 0.178. The Morgan fingerprint density at radius 1 is 1.11 bits per heavy atom. The Kier molecular flexibility index (Phi) is 5.44. The lowest BCUT2D eigenvalue weighted by Gasteiger charge is -2.32. The van der Waals surface area contributed by atoms with Gasteiger partial charge in [-0.1, -0.05) is 12.1 Å². The Bertz CT molecular complexity index is 954. The SMILES string of the molecule is COc1ccc(C(=O)CN2CCC(Cn3c(C)nc4ccccc43)CC2)cc1. The lowest BCUT2D eigenvalue weighted by molar-refractivity contribution is 0.0890. The fourth-order valence-corrected chi connectivity index (χ4v) is 4.08. The van der Waals surface area contributed by atoms with Gasteiger partial charge in [-0.2, -0.15) is 0 Å². The molecule has 0 atom stereocenters. The Balaban J connectivity index is 1.33. The van der Waals surface area contributed by atoms with Crippen LogP contribution < -0.4 is 4.74 Å². The Hall–Kier alpha value is -2.66. The first kappa shape index (κ1) is 18.7. The van der Waals surface area contributed by atoms with Crippen LogP contribution in [0.2, 0.25) is 0 Å². The molecular weight excluding hydrogens is 350 g/mol. The van der Waals surface area contributed by atoms with E-state index < -0.39 is 0 Å². The highest BCUT2D eigenvalue weighted by Gasteiger charge is 2.22. The van der Waals surface area contributed by atoms with Crippen LogP contribution in [0.15, 0.2) is 48.5 Å². The standard InChI is InChI=1S/C23H27N3O2/c1-17-24-21-5-3-4-6-22(21)26(17)15-18-11-13-25(14-12-18)16-23(27)19-7-9-20(28-2)10-8-19/h3-10,18H,11-16H2,1-2H3. The lowest BCUT2D eigenvalue weighted by Crippen LogP contribution is -2.38. The molecule has 0 amide bonds. The highest BCUT2D eigenvalue weighted by Crippen LogP contribution is 2.23. The summed E-state index contributed by atoms with van der Waals surface area (Å²) in [4.78, 5) is 19.5. The van der Waals surface area contributed by atoms with Crippen LogP contribution in [-0.4, -0.2) is 47.0 Å². The number of fused-ring (bicyclic) bond motifs is 1. The zero-order valence-electron chi connectivity index (χ0n) is 16.6. The summed E-state index contributed by atoms with van der Waals surface area (Å²) in [5, 5.41) is 0. The zero-order valence-corrected chi connectivity index (χ0v) is 16.6. The molecule has 0 unspecified atom stereocenters. The number of ether oxygens (including phenoxy) is 1. The van der Waals surface area contributed by atoms with E-state index in [1.807, 2.05) is 30.3 Å². The molecule has 0 bridgehead atoms. The fraction of sp³-hybridized carbons (Fsp3) is 0.391. The summed E-state index contributed by atoms with van der Waals surface area (Å²) in [6.45, 7) is 5.53. The summed E-state index contributed by atoms with van der Waals surface area (Å²) in [5.41, 5.74) is 3.04. The van der Waals surface area contributed by atoms with E-state index in [9.17, 15) is 4.79 Å². The molecule has 1 saturated heterocycles. The van der Waals surface area contributed by atoms with Gasteiger partial charge in [-0.05, 0) is 75.2 Å². The number of ketones is 1. The van der Waals surface area contributed by atoms with Gasteiger partial charge in [0.15, 0.2) is 5.78 Å². The van der Waals surface area contributed by atoms with Gasteiger partial charge >= 0.3 is 0 Å². The molecule has 3 aromatic rings. The van der Waals surface area contributed by atoms with E-state index in [0.29, 0.717) is 12.5 Å². The molecule has 0 N–H and O–H groups in total. The molecule has 0 saturated carbocycles. The Morgan fingerprint density at radius 2 is 1.82 bits per heavy atom. The molecule has 2 aromatic carbocycles. The number of para-hydroxylation sites is 2. The number of methoxy groups -OCH3 is 1. The van der Waals surface area contributed by atoms with Crippen molar-refractivity contribution in [2.75, 3.05) is 26.7 Å². The molecule has 0 radical (unpaired) electrons. The van der Waals surface area contributed by atoms with Crippen LogP contribution in [0, 0.1) is 12.8 Å². The van der Waals surface area contributed by atoms with Crippen LogP contribution in [0.25, 0.3) is 11.0 Å². The third-order valence-electron chi connectivity index (χ3n) is 5.77. The molecule has 28 heavy (non-hydrogen) atoms. The summed E-state index contributed by atoms with van der Waals surface area (Å²) in [5.74, 6) is 2.67. The number of hydrogen-bond acceptors (Lipinski definition) is 4. The van der Waals surface area contributed by atoms with E-state index in [1.54, 1.807) is 7.11 Å². The number of Topliss-reactive ketones (excluding diaryl/α,β-unsaturated/α-hetero) is 1. The van der Waals surface area contributed by atoms with Crippen LogP contribution in [0.3, 0.4) is 0 Å². The highest BCUT2D eigenvalue weighted by atomic mass is 16.5. The van der Waals surface area contributed by atoms with Crippen molar-refractivity contribution < 1.29 is 9.53 Å². The van der Waals surface area contributed by atoms with Crippen LogP contribution in [0.1, 0.15) is 29.0 Å². The Morgan fingerprint density at radius 3 is 2.54 bits per heavy atom. The zero-order chi connectivity index (χ0) is 19.5. The third-order valence-corrected chi connectivity index (χ3v) is 5.77. The van der Waals surface area contributed by atoms with Crippen molar-refractivity contribution in [1.29, 1.82) is 0 Å². The second-order valence-electron chi connectivity index (χ2n) is 7.63. The molecule has 2 heterocycles. The molecule has 1 aliphatic rings. The number of hydrogen-bond donors (Lipinski definition) is 0. The first-order chi connectivity index (χ1) is 13.6. The molecule has 0 spiro atoms. The molecule has 5 heteroatoms. The monoisotopic (exact) mass is 377 g/mol. The fourth-order valence-electron chi connectivity index (χ4n) is 4.08. The van der Waals surface area contributed by atoms with E-state index >= 15 is 0 Å². The smallest absolute Gasteiger partial charge is 0.176 e. The number of carbonyl (C=O) groups excluding carboxylic acids is 1. The number of benzene rings is 2. The summed E-state index contributed by atoms with van der Waals surface area (Å²) in [6, 6.07) is 15.7. The number of carbonyl (C=O) groups is 1. The maximum absolute atomic E-state index is 12.5. The largest absolute Gasteiger partial charge is 0.497 e. The number of aryl methyl sites for hydroxylation is 1. The summed E-state index contributed by atoms with van der Waals surface area (Å²) >= 11 is 0. The van der Waals surface area contributed by atoms with Gasteiger partial charge in [-0.25, -0.2) is 4.98 Å². The van der Waals surface area contributed by atoms with E-state index in [-0.39, 0.29) is 5.78 Å². The van der Waals surface area contributed by atoms with Crippen molar-refractivity contribution in [3.05, 3.63) is 59.9 Å². The van der Waals surface area contributed by atoms with Crippen molar-refractivity contribution in [3.8, 4) is 5.75 Å². The van der Waals surface area contributed by atoms with Crippen LogP contribution >= 0.6 is 0 Å². The molecule has 5 nitrogen and oxygen atoms in total. The quantitative estimate of drug-likeness (QED) is 0.610. The Labute approximate surface area is 165 Å². The van der Waals surface area contributed by atoms with E-state index in [2.05, 4.69) is 39.6 Å². The topological polar surface area (TPSA) is 47.4 Å².